The first kappa shape index (κ1) is 16.5. The predicted molar refractivity (Wildman–Crippen MR) is 78.0 cm³/mol. The first-order chi connectivity index (χ1) is 10.3. The summed E-state index contributed by atoms with van der Waals surface area (Å²) < 4.78 is 31.5. The second-order valence-electron chi connectivity index (χ2n) is 4.26. The zero-order valence-corrected chi connectivity index (χ0v) is 12.7. The molecular formula is C13H12ClNO6S. The van der Waals surface area contributed by atoms with Gasteiger partial charge >= 0.3 is 0 Å². The lowest BCUT2D eigenvalue weighted by Gasteiger charge is -2.08. The first-order valence-electron chi connectivity index (χ1n) is 6.05. The topological polar surface area (TPSA) is 117 Å². The highest BCUT2D eigenvalue weighted by atomic mass is 35.5. The van der Waals surface area contributed by atoms with Crippen LogP contribution in [-0.4, -0.2) is 18.6 Å². The summed E-state index contributed by atoms with van der Waals surface area (Å²) in [6.07, 6.45) is 0. The summed E-state index contributed by atoms with van der Waals surface area (Å²) >= 11 is 5.83. The number of rotatable bonds is 5. The van der Waals surface area contributed by atoms with Gasteiger partial charge in [-0.2, -0.15) is 0 Å². The first-order valence-corrected chi connectivity index (χ1v) is 7.91. The zero-order chi connectivity index (χ0) is 16.3. The quantitative estimate of drug-likeness (QED) is 0.743. The molecule has 0 unspecified atom stereocenters. The van der Waals surface area contributed by atoms with Gasteiger partial charge in [0, 0.05) is 6.07 Å². The van der Waals surface area contributed by atoms with E-state index in [1.54, 1.807) is 6.07 Å². The van der Waals surface area contributed by atoms with E-state index < -0.39 is 27.8 Å². The van der Waals surface area contributed by atoms with Crippen molar-refractivity contribution in [2.45, 2.75) is 18.0 Å². The van der Waals surface area contributed by atoms with Crippen LogP contribution in [0.1, 0.15) is 11.5 Å². The van der Waals surface area contributed by atoms with Crippen LogP contribution in [0.4, 0.5) is 0 Å². The molecule has 3 N–H and O–H groups in total. The third-order valence-electron chi connectivity index (χ3n) is 2.75. The minimum Gasteiger partial charge on any atom is -0.502 e. The number of aromatic hydroxyl groups is 1. The van der Waals surface area contributed by atoms with Gasteiger partial charge in [0.1, 0.15) is 17.3 Å². The highest BCUT2D eigenvalue weighted by Crippen LogP contribution is 2.20. The molecule has 0 bridgehead atoms. The second kappa shape index (κ2) is 6.49. The minimum atomic E-state index is -3.90. The van der Waals surface area contributed by atoms with Crippen LogP contribution < -0.4 is 10.2 Å². The van der Waals surface area contributed by atoms with Crippen molar-refractivity contribution < 1.29 is 23.0 Å². The normalized spacial score (nSPS) is 11.5. The van der Waals surface area contributed by atoms with Crippen LogP contribution >= 0.6 is 11.6 Å². The average Bonchev–Trinajstić information content (AvgIpc) is 2.48. The lowest BCUT2D eigenvalue weighted by molar-refractivity contribution is 0.227. The van der Waals surface area contributed by atoms with Gasteiger partial charge < -0.3 is 14.6 Å². The zero-order valence-electron chi connectivity index (χ0n) is 11.1. The van der Waals surface area contributed by atoms with Crippen molar-refractivity contribution in [3.05, 3.63) is 57.1 Å². The fourth-order valence-electron chi connectivity index (χ4n) is 1.69. The lowest BCUT2D eigenvalue weighted by Crippen LogP contribution is -2.24. The molecule has 0 fully saturated rings. The summed E-state index contributed by atoms with van der Waals surface area (Å²) in [5.41, 5.74) is -0.776. The molecule has 1 aromatic carbocycles. The number of sulfonamides is 1. The molecule has 118 valence electrons. The van der Waals surface area contributed by atoms with E-state index >= 15 is 0 Å². The van der Waals surface area contributed by atoms with Crippen LogP contribution in [-0.2, 0) is 23.2 Å². The van der Waals surface area contributed by atoms with Crippen LogP contribution in [0.2, 0.25) is 5.02 Å². The predicted octanol–water partition coefficient (Wildman–Crippen LogP) is 0.970. The Balaban J connectivity index is 2.25. The van der Waals surface area contributed by atoms with Gasteiger partial charge in [-0.3, -0.25) is 4.79 Å². The molecule has 0 aliphatic heterocycles. The van der Waals surface area contributed by atoms with E-state index in [4.69, 9.17) is 21.1 Å². The maximum atomic E-state index is 12.1. The Morgan fingerprint density at radius 2 is 1.95 bits per heavy atom. The molecule has 0 radical (unpaired) electrons. The van der Waals surface area contributed by atoms with Gasteiger partial charge in [0.2, 0.25) is 21.2 Å². The fraction of sp³-hybridized carbons (Fsp3) is 0.154. The van der Waals surface area contributed by atoms with Gasteiger partial charge in [0.05, 0.1) is 11.6 Å². The Morgan fingerprint density at radius 1 is 1.27 bits per heavy atom. The van der Waals surface area contributed by atoms with Crippen LogP contribution in [0.15, 0.2) is 44.4 Å². The number of nitrogens with one attached hydrogen (secondary N) is 1. The van der Waals surface area contributed by atoms with E-state index in [2.05, 4.69) is 4.72 Å². The summed E-state index contributed by atoms with van der Waals surface area (Å²) in [4.78, 5) is 11.3. The highest BCUT2D eigenvalue weighted by molar-refractivity contribution is 7.89. The number of benzene rings is 1. The van der Waals surface area contributed by atoms with E-state index in [0.29, 0.717) is 0 Å². The molecule has 0 aliphatic carbocycles. The molecule has 22 heavy (non-hydrogen) atoms. The number of aliphatic hydroxyl groups is 1. The molecule has 1 heterocycles. The van der Waals surface area contributed by atoms with Crippen LogP contribution in [0, 0.1) is 0 Å². The Labute approximate surface area is 130 Å². The molecular weight excluding hydrogens is 334 g/mol. The lowest BCUT2D eigenvalue weighted by atomic mass is 10.3. The summed E-state index contributed by atoms with van der Waals surface area (Å²) in [6, 6.07) is 6.81. The maximum absolute atomic E-state index is 12.1. The average molecular weight is 346 g/mol. The molecule has 7 nitrogen and oxygen atoms in total. The Morgan fingerprint density at radius 3 is 2.59 bits per heavy atom. The number of aliphatic hydroxyl groups excluding tert-OH is 1. The maximum Gasteiger partial charge on any atom is 0.242 e. The largest absolute Gasteiger partial charge is 0.502 e. The van der Waals surface area contributed by atoms with Gasteiger partial charge in [-0.25, -0.2) is 13.1 Å². The molecule has 0 atom stereocenters. The molecule has 1 aromatic heterocycles. The number of halogens is 1. The van der Waals surface area contributed by atoms with Crippen molar-refractivity contribution in [3.63, 3.8) is 0 Å². The molecule has 2 rings (SSSR count). The highest BCUT2D eigenvalue weighted by Gasteiger charge is 2.18. The van der Waals surface area contributed by atoms with Gasteiger partial charge in [-0.15, -0.1) is 0 Å². The molecule has 2 aromatic rings. The third-order valence-corrected chi connectivity index (χ3v) is 4.65. The summed E-state index contributed by atoms with van der Waals surface area (Å²) in [7, 11) is -3.90. The smallest absolute Gasteiger partial charge is 0.242 e. The molecule has 0 aliphatic rings. The Kier molecular flexibility index (Phi) is 4.87. The van der Waals surface area contributed by atoms with Gasteiger partial charge in [-0.05, 0) is 12.1 Å². The monoisotopic (exact) mass is 345 g/mol. The van der Waals surface area contributed by atoms with Crippen molar-refractivity contribution in [2.75, 3.05) is 0 Å². The molecule has 0 saturated heterocycles. The summed E-state index contributed by atoms with van der Waals surface area (Å²) in [5, 5.41) is 18.4. The SMILES string of the molecule is O=c1cc(CNS(=O)(=O)c2ccccc2Cl)oc(CO)c1O. The van der Waals surface area contributed by atoms with E-state index in [9.17, 15) is 18.3 Å². The van der Waals surface area contributed by atoms with Crippen molar-refractivity contribution in [3.8, 4) is 5.75 Å². The van der Waals surface area contributed by atoms with E-state index in [0.717, 1.165) is 6.07 Å². The molecule has 0 saturated carbocycles. The van der Waals surface area contributed by atoms with Crippen molar-refractivity contribution in [1.29, 1.82) is 0 Å². The summed E-state index contributed by atoms with van der Waals surface area (Å²) in [6.45, 7) is -1.03. The number of hydrogen-bond acceptors (Lipinski definition) is 6. The van der Waals surface area contributed by atoms with Crippen molar-refractivity contribution >= 4 is 21.6 Å². The van der Waals surface area contributed by atoms with E-state index in [-0.39, 0.29) is 28.0 Å². The fourth-order valence-corrected chi connectivity index (χ4v) is 3.20. The molecule has 0 amide bonds. The molecule has 9 heteroatoms. The Bertz CT molecular complexity index is 846. The third kappa shape index (κ3) is 3.47. The van der Waals surface area contributed by atoms with Gasteiger partial charge in [0.15, 0.2) is 5.76 Å². The minimum absolute atomic E-state index is 0.0533. The van der Waals surface area contributed by atoms with Gasteiger partial charge in [-0.1, -0.05) is 23.7 Å². The van der Waals surface area contributed by atoms with Crippen molar-refractivity contribution in [1.82, 2.24) is 4.72 Å². The standard InChI is InChI=1S/C13H12ClNO6S/c14-9-3-1-2-4-12(9)22(19,20)15-6-8-5-10(17)13(18)11(7-16)21-8/h1-5,15-16,18H,6-7H2. The summed E-state index contributed by atoms with van der Waals surface area (Å²) in [5.74, 6) is -1.10. The molecule has 0 spiro atoms. The van der Waals surface area contributed by atoms with Gasteiger partial charge in [0.25, 0.3) is 0 Å². The van der Waals surface area contributed by atoms with E-state index in [1.807, 2.05) is 0 Å². The second-order valence-corrected chi connectivity index (χ2v) is 6.40. The van der Waals surface area contributed by atoms with Crippen LogP contribution in [0.3, 0.4) is 0 Å². The van der Waals surface area contributed by atoms with Crippen LogP contribution in [0.25, 0.3) is 0 Å². The Hall–Kier alpha value is -1.87. The van der Waals surface area contributed by atoms with E-state index in [1.165, 1.54) is 18.2 Å². The number of hydrogen-bond donors (Lipinski definition) is 3. The van der Waals surface area contributed by atoms with Crippen LogP contribution in [0.5, 0.6) is 5.75 Å². The van der Waals surface area contributed by atoms with Crippen molar-refractivity contribution in [2.24, 2.45) is 0 Å².